The molecule has 0 aromatic heterocycles. The maximum absolute atomic E-state index is 13.2. The third-order valence-electron chi connectivity index (χ3n) is 5.52. The van der Waals surface area contributed by atoms with Crippen molar-refractivity contribution in [2.45, 2.75) is 43.2 Å². The number of nitrogens with one attached hydrogen (secondary N) is 1. The van der Waals surface area contributed by atoms with E-state index < -0.39 is 32.9 Å². The molecule has 0 unspecified atom stereocenters. The Morgan fingerprint density at radius 3 is 2.43 bits per heavy atom. The van der Waals surface area contributed by atoms with E-state index >= 15 is 0 Å². The predicted molar refractivity (Wildman–Crippen MR) is 107 cm³/mol. The minimum Gasteiger partial charge on any atom is -0.311 e. The van der Waals surface area contributed by atoms with Crippen LogP contribution >= 0.6 is 0 Å². The number of nitrogens with zero attached hydrogens (tertiary/aromatic N) is 1. The summed E-state index contributed by atoms with van der Waals surface area (Å²) in [5, 5.41) is 0. The molecular weight excluding hydrogens is 417 g/mol. The van der Waals surface area contributed by atoms with E-state index in [-0.39, 0.29) is 16.7 Å². The lowest BCUT2D eigenvalue weighted by Crippen LogP contribution is -2.34. The van der Waals surface area contributed by atoms with Crippen molar-refractivity contribution in [1.29, 1.82) is 0 Å². The largest absolute Gasteiger partial charge is 0.418 e. The van der Waals surface area contributed by atoms with Crippen LogP contribution in [0.2, 0.25) is 0 Å². The lowest BCUT2D eigenvalue weighted by Gasteiger charge is -2.20. The Balaban J connectivity index is 1.70. The summed E-state index contributed by atoms with van der Waals surface area (Å²) in [6, 6.07) is 8.78. The minimum absolute atomic E-state index is 0.0238. The number of rotatable bonds is 4. The predicted octanol–water partition coefficient (Wildman–Crippen LogP) is 4.54. The van der Waals surface area contributed by atoms with Crippen molar-refractivity contribution in [3.05, 3.63) is 53.6 Å². The third kappa shape index (κ3) is 3.66. The van der Waals surface area contributed by atoms with Gasteiger partial charge >= 0.3 is 6.18 Å². The highest BCUT2D eigenvalue weighted by molar-refractivity contribution is 7.92. The summed E-state index contributed by atoms with van der Waals surface area (Å²) in [4.78, 5) is 14.1. The fourth-order valence-electron chi connectivity index (χ4n) is 3.80. The van der Waals surface area contributed by atoms with Crippen LogP contribution in [-0.2, 0) is 26.4 Å². The standard InChI is InChI=1S/C21H21F3N2O3S/c1-20(2)12-26(19(27)13-7-8-13)18-10-9-14(11-16(18)20)30(28,29)25-17-6-4-3-5-15(17)21(22,23)24/h3-6,9-11,13,25H,7-8,12H2,1-2H3. The van der Waals surface area contributed by atoms with Crippen LogP contribution in [0.1, 0.15) is 37.8 Å². The summed E-state index contributed by atoms with van der Waals surface area (Å²) in [5.74, 6) is 0.0605. The van der Waals surface area contributed by atoms with E-state index in [0.717, 1.165) is 25.0 Å². The maximum atomic E-state index is 13.2. The first-order valence-corrected chi connectivity index (χ1v) is 11.0. The Labute approximate surface area is 172 Å². The molecule has 0 bridgehead atoms. The number of hydrogen-bond donors (Lipinski definition) is 1. The van der Waals surface area contributed by atoms with Gasteiger partial charge in [0.2, 0.25) is 5.91 Å². The normalized spacial score (nSPS) is 18.2. The molecule has 1 saturated carbocycles. The second-order valence-corrected chi connectivity index (χ2v) is 10.1. The number of para-hydroxylation sites is 1. The first kappa shape index (κ1) is 20.7. The summed E-state index contributed by atoms with van der Waals surface area (Å²) < 4.78 is 67.5. The summed E-state index contributed by atoms with van der Waals surface area (Å²) in [7, 11) is -4.26. The smallest absolute Gasteiger partial charge is 0.311 e. The van der Waals surface area contributed by atoms with E-state index in [4.69, 9.17) is 0 Å². The van der Waals surface area contributed by atoms with E-state index in [1.807, 2.05) is 13.8 Å². The van der Waals surface area contributed by atoms with Gasteiger partial charge in [-0.05, 0) is 48.7 Å². The number of carbonyl (C=O) groups is 1. The molecule has 9 heteroatoms. The monoisotopic (exact) mass is 438 g/mol. The fraction of sp³-hybridized carbons (Fsp3) is 0.381. The van der Waals surface area contributed by atoms with Crippen LogP contribution in [0.4, 0.5) is 24.5 Å². The van der Waals surface area contributed by atoms with Gasteiger partial charge in [-0.25, -0.2) is 8.42 Å². The maximum Gasteiger partial charge on any atom is 0.418 e. The van der Waals surface area contributed by atoms with Crippen LogP contribution in [0, 0.1) is 5.92 Å². The molecule has 30 heavy (non-hydrogen) atoms. The highest BCUT2D eigenvalue weighted by Crippen LogP contribution is 2.44. The van der Waals surface area contributed by atoms with E-state index in [2.05, 4.69) is 4.72 Å². The lowest BCUT2D eigenvalue weighted by atomic mass is 9.87. The topological polar surface area (TPSA) is 66.5 Å². The van der Waals surface area contributed by atoms with E-state index in [0.29, 0.717) is 17.8 Å². The Bertz CT molecular complexity index is 1120. The van der Waals surface area contributed by atoms with E-state index in [9.17, 15) is 26.4 Å². The number of halogens is 3. The number of hydrogen-bond acceptors (Lipinski definition) is 3. The average Bonchev–Trinajstić information content (AvgIpc) is 3.46. The number of fused-ring (bicyclic) bond motifs is 1. The van der Waals surface area contributed by atoms with Gasteiger partial charge in [0.05, 0.1) is 16.1 Å². The number of alkyl halides is 3. The molecule has 0 saturated heterocycles. The Morgan fingerprint density at radius 2 is 1.80 bits per heavy atom. The van der Waals surface area contributed by atoms with Gasteiger partial charge in [0.25, 0.3) is 10.0 Å². The zero-order valence-electron chi connectivity index (χ0n) is 16.5. The SMILES string of the molecule is CC1(C)CN(C(=O)C2CC2)c2ccc(S(=O)(=O)Nc3ccccc3C(F)(F)F)cc21. The minimum atomic E-state index is -4.69. The molecule has 2 aromatic carbocycles. The molecule has 4 rings (SSSR count). The molecule has 160 valence electrons. The summed E-state index contributed by atoms with van der Waals surface area (Å²) in [5.41, 5.74) is -0.725. The Morgan fingerprint density at radius 1 is 1.13 bits per heavy atom. The number of amides is 1. The molecule has 2 aliphatic rings. The Kier molecular flexibility index (Phi) is 4.65. The summed E-state index contributed by atoms with van der Waals surface area (Å²) in [6.07, 6.45) is -2.97. The second-order valence-electron chi connectivity index (χ2n) is 8.41. The average molecular weight is 438 g/mol. The first-order chi connectivity index (χ1) is 13.9. The van der Waals surface area contributed by atoms with Gasteiger partial charge in [0, 0.05) is 23.6 Å². The first-order valence-electron chi connectivity index (χ1n) is 9.55. The van der Waals surface area contributed by atoms with Crippen molar-refractivity contribution < 1.29 is 26.4 Å². The summed E-state index contributed by atoms with van der Waals surface area (Å²) in [6.45, 7) is 4.26. The van der Waals surface area contributed by atoms with E-state index in [1.165, 1.54) is 24.3 Å². The highest BCUT2D eigenvalue weighted by Gasteiger charge is 2.43. The van der Waals surface area contributed by atoms with Gasteiger partial charge < -0.3 is 4.90 Å². The molecule has 5 nitrogen and oxygen atoms in total. The molecule has 1 aliphatic heterocycles. The molecule has 0 spiro atoms. The zero-order valence-corrected chi connectivity index (χ0v) is 17.3. The van der Waals surface area contributed by atoms with Crippen molar-refractivity contribution >= 4 is 27.3 Å². The summed E-state index contributed by atoms with van der Waals surface area (Å²) >= 11 is 0. The molecule has 1 aliphatic carbocycles. The highest BCUT2D eigenvalue weighted by atomic mass is 32.2. The molecule has 1 amide bonds. The van der Waals surface area contributed by atoms with Gasteiger partial charge in [-0.3, -0.25) is 9.52 Å². The number of anilines is 2. The number of benzene rings is 2. The second kappa shape index (κ2) is 6.73. The van der Waals surface area contributed by atoms with Crippen LogP contribution < -0.4 is 9.62 Å². The van der Waals surface area contributed by atoms with Gasteiger partial charge in [0.1, 0.15) is 0 Å². The van der Waals surface area contributed by atoms with Crippen molar-refractivity contribution in [3.8, 4) is 0 Å². The van der Waals surface area contributed by atoms with Crippen LogP contribution in [0.15, 0.2) is 47.4 Å². The molecule has 1 fully saturated rings. The van der Waals surface area contributed by atoms with Gasteiger partial charge in [-0.1, -0.05) is 26.0 Å². The molecule has 2 aromatic rings. The molecule has 0 radical (unpaired) electrons. The molecule has 1 N–H and O–H groups in total. The quantitative estimate of drug-likeness (QED) is 0.762. The van der Waals surface area contributed by atoms with Crippen LogP contribution in [0.3, 0.4) is 0 Å². The van der Waals surface area contributed by atoms with Crippen molar-refractivity contribution in [1.82, 2.24) is 0 Å². The van der Waals surface area contributed by atoms with Crippen molar-refractivity contribution in [2.24, 2.45) is 5.92 Å². The van der Waals surface area contributed by atoms with Gasteiger partial charge in [0.15, 0.2) is 0 Å². The third-order valence-corrected chi connectivity index (χ3v) is 6.88. The molecule has 1 heterocycles. The van der Waals surface area contributed by atoms with Crippen LogP contribution in [0.25, 0.3) is 0 Å². The van der Waals surface area contributed by atoms with Crippen LogP contribution in [0.5, 0.6) is 0 Å². The van der Waals surface area contributed by atoms with Gasteiger partial charge in [-0.2, -0.15) is 13.2 Å². The number of carbonyl (C=O) groups excluding carboxylic acids is 1. The lowest BCUT2D eigenvalue weighted by molar-refractivity contribution is -0.136. The van der Waals surface area contributed by atoms with Crippen LogP contribution in [-0.4, -0.2) is 20.9 Å². The van der Waals surface area contributed by atoms with E-state index in [1.54, 1.807) is 11.0 Å². The fourth-order valence-corrected chi connectivity index (χ4v) is 4.90. The van der Waals surface area contributed by atoms with Crippen molar-refractivity contribution in [3.63, 3.8) is 0 Å². The van der Waals surface area contributed by atoms with Crippen molar-refractivity contribution in [2.75, 3.05) is 16.2 Å². The van der Waals surface area contributed by atoms with Gasteiger partial charge in [-0.15, -0.1) is 0 Å². The Hall–Kier alpha value is -2.55. The molecule has 0 atom stereocenters. The molecular formula is C21H21F3N2O3S. The number of sulfonamides is 1. The zero-order chi connectivity index (χ0) is 21.9.